The Labute approximate surface area is 131 Å². The zero-order valence-electron chi connectivity index (χ0n) is 12.5. The molecule has 1 aliphatic heterocycles. The summed E-state index contributed by atoms with van der Waals surface area (Å²) in [5.74, 6) is 0.566. The lowest BCUT2D eigenvalue weighted by Crippen LogP contribution is -2.49. The van der Waals surface area contributed by atoms with Gasteiger partial charge in [-0.25, -0.2) is 0 Å². The fraction of sp³-hybridized carbons (Fsp3) is 0.562. The number of nitrogens with one attached hydrogen (secondary N) is 1. The Bertz CT molecular complexity index is 480. The van der Waals surface area contributed by atoms with Gasteiger partial charge in [0, 0.05) is 44.2 Å². The van der Waals surface area contributed by atoms with Crippen molar-refractivity contribution in [1.29, 1.82) is 0 Å². The van der Waals surface area contributed by atoms with Crippen LogP contribution in [0.5, 0.6) is 0 Å². The highest BCUT2D eigenvalue weighted by atomic mass is 35.5. The summed E-state index contributed by atoms with van der Waals surface area (Å²) in [6, 6.07) is 8.25. The predicted octanol–water partition coefficient (Wildman–Crippen LogP) is 1.67. The van der Waals surface area contributed by atoms with E-state index in [2.05, 4.69) is 16.3 Å². The van der Waals surface area contributed by atoms with Crippen molar-refractivity contribution in [2.24, 2.45) is 11.7 Å². The van der Waals surface area contributed by atoms with E-state index < -0.39 is 0 Å². The van der Waals surface area contributed by atoms with Crippen LogP contribution in [0.25, 0.3) is 0 Å². The zero-order chi connectivity index (χ0) is 15.2. The summed E-state index contributed by atoms with van der Waals surface area (Å²) < 4.78 is 0. The molecule has 2 rings (SSSR count). The molecule has 2 unspecified atom stereocenters. The first-order chi connectivity index (χ1) is 10.0. The standard InChI is InChI=1S/C16H24ClN3O/c1-12(21)19-5-6-20-10-14(9-16(18)11-20)7-13-3-2-4-15(17)8-13/h2-4,8,14,16H,5-7,9-11,18H2,1H3,(H,19,21). The van der Waals surface area contributed by atoms with Gasteiger partial charge >= 0.3 is 0 Å². The first-order valence-corrected chi connectivity index (χ1v) is 7.87. The highest BCUT2D eigenvalue weighted by Gasteiger charge is 2.24. The number of halogens is 1. The van der Waals surface area contributed by atoms with Crippen LogP contribution in [-0.2, 0) is 11.2 Å². The number of hydrogen-bond acceptors (Lipinski definition) is 3. The maximum absolute atomic E-state index is 10.9. The van der Waals surface area contributed by atoms with E-state index in [9.17, 15) is 4.79 Å². The minimum atomic E-state index is 0.0202. The number of nitrogens with two attached hydrogens (primary N) is 1. The van der Waals surface area contributed by atoms with E-state index in [0.29, 0.717) is 12.5 Å². The quantitative estimate of drug-likeness (QED) is 0.870. The Kier molecular flexibility index (Phi) is 6.03. The average molecular weight is 310 g/mol. The molecule has 0 radical (unpaired) electrons. The lowest BCUT2D eigenvalue weighted by Gasteiger charge is -2.36. The van der Waals surface area contributed by atoms with Gasteiger partial charge in [0.05, 0.1) is 0 Å². The van der Waals surface area contributed by atoms with Crippen molar-refractivity contribution in [3.63, 3.8) is 0 Å². The molecule has 1 aromatic carbocycles. The van der Waals surface area contributed by atoms with Gasteiger partial charge in [0.25, 0.3) is 0 Å². The van der Waals surface area contributed by atoms with E-state index in [1.807, 2.05) is 18.2 Å². The molecule has 0 spiro atoms. The molecule has 1 fully saturated rings. The molecule has 1 saturated heterocycles. The number of benzene rings is 1. The number of carbonyl (C=O) groups excluding carboxylic acids is 1. The Morgan fingerprint density at radius 3 is 3.00 bits per heavy atom. The number of piperidine rings is 1. The van der Waals surface area contributed by atoms with E-state index in [4.69, 9.17) is 17.3 Å². The summed E-state index contributed by atoms with van der Waals surface area (Å²) in [4.78, 5) is 13.3. The summed E-state index contributed by atoms with van der Waals surface area (Å²) in [7, 11) is 0. The molecule has 4 nitrogen and oxygen atoms in total. The highest BCUT2D eigenvalue weighted by Crippen LogP contribution is 2.21. The summed E-state index contributed by atoms with van der Waals surface area (Å²) in [6.07, 6.45) is 2.05. The molecule has 3 N–H and O–H groups in total. The Balaban J connectivity index is 1.86. The van der Waals surface area contributed by atoms with Crippen LogP contribution >= 0.6 is 11.6 Å². The molecule has 1 heterocycles. The largest absolute Gasteiger partial charge is 0.355 e. The van der Waals surface area contributed by atoms with Crippen LogP contribution in [-0.4, -0.2) is 43.0 Å². The number of rotatable bonds is 5. The van der Waals surface area contributed by atoms with Crippen LogP contribution in [0.15, 0.2) is 24.3 Å². The molecule has 0 aliphatic carbocycles. The molecule has 1 amide bonds. The highest BCUT2D eigenvalue weighted by molar-refractivity contribution is 6.30. The van der Waals surface area contributed by atoms with Gasteiger partial charge in [0.15, 0.2) is 0 Å². The molecule has 0 saturated carbocycles. The third-order valence-electron chi connectivity index (χ3n) is 3.86. The maximum Gasteiger partial charge on any atom is 0.216 e. The van der Waals surface area contributed by atoms with Crippen LogP contribution in [0.4, 0.5) is 0 Å². The smallest absolute Gasteiger partial charge is 0.216 e. The van der Waals surface area contributed by atoms with Crippen LogP contribution in [0.3, 0.4) is 0 Å². The molecule has 2 atom stereocenters. The molecule has 0 aromatic heterocycles. The lowest BCUT2D eigenvalue weighted by molar-refractivity contribution is -0.119. The number of nitrogens with zero attached hydrogens (tertiary/aromatic N) is 1. The van der Waals surface area contributed by atoms with E-state index in [1.54, 1.807) is 6.92 Å². The van der Waals surface area contributed by atoms with Crippen molar-refractivity contribution in [2.75, 3.05) is 26.2 Å². The first kappa shape index (κ1) is 16.3. The number of hydrogen-bond donors (Lipinski definition) is 2. The maximum atomic E-state index is 10.9. The van der Waals surface area contributed by atoms with Crippen molar-refractivity contribution in [1.82, 2.24) is 10.2 Å². The van der Waals surface area contributed by atoms with Gasteiger partial charge in [-0.3, -0.25) is 9.69 Å². The third-order valence-corrected chi connectivity index (χ3v) is 4.10. The Morgan fingerprint density at radius 1 is 1.48 bits per heavy atom. The second-order valence-corrected chi connectivity index (χ2v) is 6.37. The van der Waals surface area contributed by atoms with E-state index in [1.165, 1.54) is 5.56 Å². The molecule has 1 aliphatic rings. The lowest BCUT2D eigenvalue weighted by atomic mass is 9.89. The molecular weight excluding hydrogens is 286 g/mol. The van der Waals surface area contributed by atoms with Crippen molar-refractivity contribution in [3.05, 3.63) is 34.9 Å². The average Bonchev–Trinajstić information content (AvgIpc) is 2.37. The van der Waals surface area contributed by atoms with Gasteiger partial charge in [-0.05, 0) is 36.5 Å². The Hall–Kier alpha value is -1.10. The zero-order valence-corrected chi connectivity index (χ0v) is 13.3. The van der Waals surface area contributed by atoms with Crippen LogP contribution < -0.4 is 11.1 Å². The number of likely N-dealkylation sites (tertiary alicyclic amines) is 1. The van der Waals surface area contributed by atoms with Crippen LogP contribution in [0.2, 0.25) is 5.02 Å². The van der Waals surface area contributed by atoms with Gasteiger partial charge in [-0.15, -0.1) is 0 Å². The van der Waals surface area contributed by atoms with E-state index in [0.717, 1.165) is 37.5 Å². The Morgan fingerprint density at radius 2 is 2.29 bits per heavy atom. The predicted molar refractivity (Wildman–Crippen MR) is 86.4 cm³/mol. The first-order valence-electron chi connectivity index (χ1n) is 7.49. The molecule has 1 aromatic rings. The number of amides is 1. The normalized spacial score (nSPS) is 23.0. The minimum absolute atomic E-state index is 0.0202. The summed E-state index contributed by atoms with van der Waals surface area (Å²) in [6.45, 7) is 5.03. The van der Waals surface area contributed by atoms with Gasteiger partial charge in [0.1, 0.15) is 0 Å². The van der Waals surface area contributed by atoms with Crippen molar-refractivity contribution in [2.45, 2.75) is 25.8 Å². The summed E-state index contributed by atoms with van der Waals surface area (Å²) in [5.41, 5.74) is 7.44. The van der Waals surface area contributed by atoms with Crippen LogP contribution in [0, 0.1) is 5.92 Å². The number of carbonyl (C=O) groups is 1. The monoisotopic (exact) mass is 309 g/mol. The second kappa shape index (κ2) is 7.78. The van der Waals surface area contributed by atoms with E-state index in [-0.39, 0.29) is 11.9 Å². The van der Waals surface area contributed by atoms with E-state index >= 15 is 0 Å². The third kappa shape index (κ3) is 5.65. The molecule has 116 valence electrons. The molecule has 0 bridgehead atoms. The van der Waals surface area contributed by atoms with Crippen LogP contribution in [0.1, 0.15) is 18.9 Å². The SMILES string of the molecule is CC(=O)NCCN1CC(N)CC(Cc2cccc(Cl)c2)C1. The fourth-order valence-corrected chi connectivity index (χ4v) is 3.28. The fourth-order valence-electron chi connectivity index (χ4n) is 3.07. The van der Waals surface area contributed by atoms with Gasteiger partial charge in [0.2, 0.25) is 5.91 Å². The second-order valence-electron chi connectivity index (χ2n) is 5.94. The van der Waals surface area contributed by atoms with Gasteiger partial charge in [-0.1, -0.05) is 23.7 Å². The van der Waals surface area contributed by atoms with Crippen molar-refractivity contribution < 1.29 is 4.79 Å². The van der Waals surface area contributed by atoms with Crippen molar-refractivity contribution >= 4 is 17.5 Å². The van der Waals surface area contributed by atoms with Crippen molar-refractivity contribution in [3.8, 4) is 0 Å². The summed E-state index contributed by atoms with van der Waals surface area (Å²) in [5, 5.41) is 3.63. The minimum Gasteiger partial charge on any atom is -0.355 e. The summed E-state index contributed by atoms with van der Waals surface area (Å²) >= 11 is 6.04. The topological polar surface area (TPSA) is 58.4 Å². The van der Waals surface area contributed by atoms with Gasteiger partial charge < -0.3 is 11.1 Å². The van der Waals surface area contributed by atoms with Gasteiger partial charge in [-0.2, -0.15) is 0 Å². The molecule has 21 heavy (non-hydrogen) atoms. The molecule has 5 heteroatoms. The molecular formula is C16H24ClN3O.